The van der Waals surface area contributed by atoms with Crippen LogP contribution in [0.25, 0.3) is 0 Å². The molecule has 0 radical (unpaired) electrons. The number of H-pyrrole nitrogens is 1. The molecule has 2 aromatic rings. The molecule has 3 rings (SSSR count). The molecule has 1 saturated heterocycles. The van der Waals surface area contributed by atoms with Crippen LogP contribution >= 0.6 is 0 Å². The van der Waals surface area contributed by atoms with Crippen LogP contribution < -0.4 is 31.5 Å². The van der Waals surface area contributed by atoms with E-state index in [2.05, 4.69) is 14.8 Å². The SMILES string of the molecule is COc1ccc(N2CCN(CC(=O)N(CC(C)C)c3c(N)n(CC(C)C)c(=O)[nH]c3=O)CC2)cc1. The van der Waals surface area contributed by atoms with E-state index in [0.29, 0.717) is 26.2 Å². The maximum atomic E-state index is 13.5. The van der Waals surface area contributed by atoms with E-state index < -0.39 is 11.2 Å². The van der Waals surface area contributed by atoms with Crippen molar-refractivity contribution in [3.8, 4) is 5.75 Å². The fourth-order valence-corrected chi connectivity index (χ4v) is 4.30. The molecule has 192 valence electrons. The van der Waals surface area contributed by atoms with Crippen molar-refractivity contribution < 1.29 is 9.53 Å². The van der Waals surface area contributed by atoms with Crippen LogP contribution in [0.5, 0.6) is 5.75 Å². The van der Waals surface area contributed by atoms with Gasteiger partial charge in [0.1, 0.15) is 11.6 Å². The summed E-state index contributed by atoms with van der Waals surface area (Å²) >= 11 is 0. The molecule has 35 heavy (non-hydrogen) atoms. The van der Waals surface area contributed by atoms with Gasteiger partial charge in [0, 0.05) is 45.0 Å². The second-order valence-electron chi connectivity index (χ2n) is 9.86. The highest BCUT2D eigenvalue weighted by atomic mass is 16.5. The number of benzene rings is 1. The molecule has 1 aromatic heterocycles. The van der Waals surface area contributed by atoms with Gasteiger partial charge in [-0.25, -0.2) is 4.79 Å². The molecule has 1 aromatic carbocycles. The second kappa shape index (κ2) is 11.4. The maximum Gasteiger partial charge on any atom is 0.330 e. The summed E-state index contributed by atoms with van der Waals surface area (Å²) in [5.41, 5.74) is 6.28. The van der Waals surface area contributed by atoms with Crippen molar-refractivity contribution in [2.75, 3.05) is 61.9 Å². The van der Waals surface area contributed by atoms with Gasteiger partial charge in [0.05, 0.1) is 13.7 Å². The largest absolute Gasteiger partial charge is 0.497 e. The zero-order valence-corrected chi connectivity index (χ0v) is 21.4. The number of nitrogen functional groups attached to an aromatic ring is 1. The van der Waals surface area contributed by atoms with Gasteiger partial charge in [-0.15, -0.1) is 0 Å². The smallest absolute Gasteiger partial charge is 0.330 e. The number of nitrogens with two attached hydrogens (primary N) is 1. The van der Waals surface area contributed by atoms with Crippen molar-refractivity contribution in [1.82, 2.24) is 14.5 Å². The third-order valence-electron chi connectivity index (χ3n) is 6.05. The Labute approximate surface area is 206 Å². The summed E-state index contributed by atoms with van der Waals surface area (Å²) in [5.74, 6) is 0.895. The van der Waals surface area contributed by atoms with Gasteiger partial charge in [0.2, 0.25) is 5.91 Å². The van der Waals surface area contributed by atoms with Gasteiger partial charge in [0.15, 0.2) is 5.69 Å². The lowest BCUT2D eigenvalue weighted by atomic mass is 10.2. The van der Waals surface area contributed by atoms with Crippen LogP contribution in [0.4, 0.5) is 17.2 Å². The van der Waals surface area contributed by atoms with Crippen molar-refractivity contribution in [3.05, 3.63) is 45.1 Å². The number of nitrogens with one attached hydrogen (secondary N) is 1. The summed E-state index contributed by atoms with van der Waals surface area (Å²) in [6.45, 7) is 11.7. The van der Waals surface area contributed by atoms with Crippen LogP contribution in [-0.4, -0.2) is 66.7 Å². The Hall–Kier alpha value is -3.27. The van der Waals surface area contributed by atoms with Gasteiger partial charge in [-0.1, -0.05) is 27.7 Å². The lowest BCUT2D eigenvalue weighted by Crippen LogP contribution is -2.51. The molecule has 1 fully saturated rings. The number of amides is 1. The zero-order chi connectivity index (χ0) is 25.7. The number of rotatable bonds is 9. The number of aromatic nitrogens is 2. The molecule has 3 N–H and O–H groups in total. The summed E-state index contributed by atoms with van der Waals surface area (Å²) in [6.07, 6.45) is 0. The first-order valence-corrected chi connectivity index (χ1v) is 12.1. The number of hydrogen-bond donors (Lipinski definition) is 2. The molecule has 0 spiro atoms. The van der Waals surface area contributed by atoms with Crippen molar-refractivity contribution in [3.63, 3.8) is 0 Å². The minimum absolute atomic E-state index is 0.0331. The second-order valence-corrected chi connectivity index (χ2v) is 9.86. The lowest BCUT2D eigenvalue weighted by molar-refractivity contribution is -0.120. The number of hydrogen-bond acceptors (Lipinski definition) is 7. The average Bonchev–Trinajstić information content (AvgIpc) is 2.81. The quantitative estimate of drug-likeness (QED) is 0.553. The number of anilines is 3. The summed E-state index contributed by atoms with van der Waals surface area (Å²) in [4.78, 5) is 46.8. The molecule has 0 aliphatic carbocycles. The van der Waals surface area contributed by atoms with E-state index in [4.69, 9.17) is 10.5 Å². The maximum absolute atomic E-state index is 13.5. The molecule has 0 bridgehead atoms. The van der Waals surface area contributed by atoms with Crippen molar-refractivity contribution in [1.29, 1.82) is 0 Å². The lowest BCUT2D eigenvalue weighted by Gasteiger charge is -2.37. The Balaban J connectivity index is 1.76. The van der Waals surface area contributed by atoms with E-state index in [1.54, 1.807) is 7.11 Å². The molecule has 10 heteroatoms. The zero-order valence-electron chi connectivity index (χ0n) is 21.4. The van der Waals surface area contributed by atoms with Gasteiger partial charge >= 0.3 is 5.69 Å². The first-order chi connectivity index (χ1) is 16.6. The Kier molecular flexibility index (Phi) is 8.61. The summed E-state index contributed by atoms with van der Waals surface area (Å²) in [7, 11) is 1.65. The minimum atomic E-state index is -0.633. The van der Waals surface area contributed by atoms with E-state index in [1.807, 2.05) is 52.0 Å². The number of carbonyl (C=O) groups is 1. The topological polar surface area (TPSA) is 117 Å². The highest BCUT2D eigenvalue weighted by Gasteiger charge is 2.28. The summed E-state index contributed by atoms with van der Waals surface area (Å²) < 4.78 is 6.57. The molecular formula is C25H38N6O4. The molecular weight excluding hydrogens is 448 g/mol. The van der Waals surface area contributed by atoms with Crippen molar-refractivity contribution >= 4 is 23.1 Å². The van der Waals surface area contributed by atoms with Gasteiger partial charge in [-0.3, -0.25) is 24.0 Å². The fraction of sp³-hybridized carbons (Fsp3) is 0.560. The van der Waals surface area contributed by atoms with Crippen LogP contribution in [-0.2, 0) is 11.3 Å². The third kappa shape index (κ3) is 6.45. The molecule has 1 aliphatic rings. The summed E-state index contributed by atoms with van der Waals surface area (Å²) in [5, 5.41) is 0. The first-order valence-electron chi connectivity index (χ1n) is 12.1. The van der Waals surface area contributed by atoms with Crippen LogP contribution in [0, 0.1) is 11.8 Å². The summed E-state index contributed by atoms with van der Waals surface area (Å²) in [6, 6.07) is 7.95. The van der Waals surface area contributed by atoms with E-state index in [1.165, 1.54) is 9.47 Å². The van der Waals surface area contributed by atoms with E-state index in [9.17, 15) is 14.4 Å². The molecule has 1 aliphatic heterocycles. The Morgan fingerprint density at radius 3 is 2.23 bits per heavy atom. The highest BCUT2D eigenvalue weighted by Crippen LogP contribution is 2.22. The predicted octanol–water partition coefficient (Wildman–Crippen LogP) is 1.59. The molecule has 0 saturated carbocycles. The van der Waals surface area contributed by atoms with Gasteiger partial charge in [-0.05, 0) is 36.1 Å². The minimum Gasteiger partial charge on any atom is -0.497 e. The van der Waals surface area contributed by atoms with Gasteiger partial charge in [-0.2, -0.15) is 0 Å². The molecule has 1 amide bonds. The number of carbonyl (C=O) groups excluding carboxylic acids is 1. The molecule has 0 atom stereocenters. The molecule has 2 heterocycles. The fourth-order valence-electron chi connectivity index (χ4n) is 4.30. The van der Waals surface area contributed by atoms with Gasteiger partial charge in [0.25, 0.3) is 5.56 Å². The van der Waals surface area contributed by atoms with Crippen LogP contribution in [0.15, 0.2) is 33.9 Å². The van der Waals surface area contributed by atoms with E-state index in [0.717, 1.165) is 24.5 Å². The molecule has 10 nitrogen and oxygen atoms in total. The van der Waals surface area contributed by atoms with Crippen molar-refractivity contribution in [2.24, 2.45) is 11.8 Å². The average molecular weight is 487 g/mol. The number of piperazine rings is 1. The van der Waals surface area contributed by atoms with Gasteiger partial charge < -0.3 is 20.3 Å². The van der Waals surface area contributed by atoms with E-state index >= 15 is 0 Å². The Morgan fingerprint density at radius 1 is 1.06 bits per heavy atom. The number of nitrogens with zero attached hydrogens (tertiary/aromatic N) is 4. The number of methoxy groups -OCH3 is 1. The third-order valence-corrected chi connectivity index (χ3v) is 6.05. The Bertz CT molecular complexity index is 1110. The van der Waals surface area contributed by atoms with Crippen LogP contribution in [0.1, 0.15) is 27.7 Å². The highest BCUT2D eigenvalue weighted by molar-refractivity contribution is 5.96. The normalized spacial score (nSPS) is 14.5. The van der Waals surface area contributed by atoms with Crippen LogP contribution in [0.3, 0.4) is 0 Å². The Morgan fingerprint density at radius 2 is 1.69 bits per heavy atom. The monoisotopic (exact) mass is 486 g/mol. The number of aromatic amines is 1. The predicted molar refractivity (Wildman–Crippen MR) is 139 cm³/mol. The standard InChI is InChI=1S/C25H38N6O4/c1-17(2)14-30(22-23(26)31(15-18(3)4)25(34)27-24(22)33)21(32)16-28-10-12-29(13-11-28)19-6-8-20(35-5)9-7-19/h6-9,17-18H,10-16,26H2,1-5H3,(H,27,33,34). The van der Waals surface area contributed by atoms with E-state index in [-0.39, 0.29) is 35.8 Å². The van der Waals surface area contributed by atoms with Crippen LogP contribution in [0.2, 0.25) is 0 Å². The van der Waals surface area contributed by atoms with Crippen molar-refractivity contribution in [2.45, 2.75) is 34.2 Å². The molecule has 0 unspecified atom stereocenters. The number of ether oxygens (including phenoxy) is 1. The first kappa shape index (κ1) is 26.3.